The second-order valence-corrected chi connectivity index (χ2v) is 4.24. The summed E-state index contributed by atoms with van der Waals surface area (Å²) < 4.78 is 2.39. The van der Waals surface area contributed by atoms with Gasteiger partial charge in [-0.2, -0.15) is 0 Å². The van der Waals surface area contributed by atoms with Gasteiger partial charge >= 0.3 is 0 Å². The monoisotopic (exact) mass is 179 g/mol. The van der Waals surface area contributed by atoms with Gasteiger partial charge in [-0.25, -0.2) is 0 Å². The number of aromatic nitrogens is 1. The largest absolute Gasteiger partial charge is 0.348 e. The van der Waals surface area contributed by atoms with Gasteiger partial charge in [-0.15, -0.1) is 0 Å². The number of rotatable bonds is 3. The zero-order chi connectivity index (χ0) is 10.0. The van der Waals surface area contributed by atoms with Crippen LogP contribution in [0.1, 0.15) is 57.8 Å². The van der Waals surface area contributed by atoms with Crippen molar-refractivity contribution >= 4 is 0 Å². The first-order chi connectivity index (χ1) is 6.07. The van der Waals surface area contributed by atoms with Crippen LogP contribution in [-0.4, -0.2) is 4.57 Å². The summed E-state index contributed by atoms with van der Waals surface area (Å²) >= 11 is 0. The van der Waals surface area contributed by atoms with Crippen molar-refractivity contribution in [3.8, 4) is 0 Å². The van der Waals surface area contributed by atoms with Crippen LogP contribution >= 0.6 is 0 Å². The molecule has 0 aliphatic carbocycles. The lowest BCUT2D eigenvalue weighted by atomic mass is 10.0. The van der Waals surface area contributed by atoms with E-state index in [0.29, 0.717) is 12.0 Å². The first-order valence-corrected chi connectivity index (χ1v) is 5.27. The quantitative estimate of drug-likeness (QED) is 0.666. The third-order valence-corrected chi connectivity index (χ3v) is 2.53. The number of hydrogen-bond acceptors (Lipinski definition) is 0. The van der Waals surface area contributed by atoms with Crippen molar-refractivity contribution in [2.45, 2.75) is 53.0 Å². The predicted molar refractivity (Wildman–Crippen MR) is 58.3 cm³/mol. The van der Waals surface area contributed by atoms with Crippen LogP contribution < -0.4 is 0 Å². The molecule has 0 fully saturated rings. The van der Waals surface area contributed by atoms with E-state index in [0.717, 1.165) is 6.42 Å². The molecule has 0 amide bonds. The Morgan fingerprint density at radius 3 is 2.23 bits per heavy atom. The maximum absolute atomic E-state index is 2.39. The molecule has 0 saturated heterocycles. The lowest BCUT2D eigenvalue weighted by molar-refractivity contribution is 0.557. The number of aryl methyl sites for hydroxylation is 1. The number of nitrogens with zero attached hydrogens (tertiary/aromatic N) is 1. The molecule has 0 spiro atoms. The van der Waals surface area contributed by atoms with Gasteiger partial charge in [0.25, 0.3) is 0 Å². The highest BCUT2D eigenvalue weighted by atomic mass is 15.0. The normalized spacial score (nSPS) is 11.6. The molecule has 1 rings (SSSR count). The molecule has 0 atom stereocenters. The van der Waals surface area contributed by atoms with Crippen LogP contribution in [0.25, 0.3) is 0 Å². The summed E-state index contributed by atoms with van der Waals surface area (Å²) in [6.07, 6.45) is 3.37. The minimum atomic E-state index is 0.581. The third kappa shape index (κ3) is 1.96. The van der Waals surface area contributed by atoms with Crippen molar-refractivity contribution in [2.24, 2.45) is 0 Å². The Balaban J connectivity index is 3.14. The van der Waals surface area contributed by atoms with Crippen molar-refractivity contribution in [1.29, 1.82) is 0 Å². The molecule has 1 heteroatoms. The van der Waals surface area contributed by atoms with E-state index < -0.39 is 0 Å². The molecule has 1 nitrogen and oxygen atoms in total. The van der Waals surface area contributed by atoms with Gasteiger partial charge in [-0.05, 0) is 37.8 Å². The van der Waals surface area contributed by atoms with Crippen LogP contribution in [0.15, 0.2) is 12.3 Å². The lowest BCUT2D eigenvalue weighted by Gasteiger charge is -2.17. The average Bonchev–Trinajstić information content (AvgIpc) is 2.46. The summed E-state index contributed by atoms with van der Waals surface area (Å²) in [4.78, 5) is 0. The average molecular weight is 179 g/mol. The third-order valence-electron chi connectivity index (χ3n) is 2.53. The van der Waals surface area contributed by atoms with Crippen LogP contribution in [0.5, 0.6) is 0 Å². The Kier molecular flexibility index (Phi) is 3.18. The zero-order valence-electron chi connectivity index (χ0n) is 9.46. The van der Waals surface area contributed by atoms with E-state index in [1.807, 2.05) is 0 Å². The van der Waals surface area contributed by atoms with Crippen LogP contribution in [0.4, 0.5) is 0 Å². The van der Waals surface area contributed by atoms with E-state index in [2.05, 4.69) is 51.4 Å². The van der Waals surface area contributed by atoms with Gasteiger partial charge in [0.05, 0.1) is 0 Å². The SMILES string of the molecule is CCc1ccn(C(C)C)c1C(C)C. The van der Waals surface area contributed by atoms with E-state index in [4.69, 9.17) is 0 Å². The fraction of sp³-hybridized carbons (Fsp3) is 0.667. The Morgan fingerprint density at radius 2 is 1.85 bits per heavy atom. The van der Waals surface area contributed by atoms with Gasteiger partial charge in [-0.1, -0.05) is 20.8 Å². The smallest absolute Gasteiger partial charge is 0.0277 e. The van der Waals surface area contributed by atoms with Gasteiger partial charge in [0.2, 0.25) is 0 Å². The van der Waals surface area contributed by atoms with Gasteiger partial charge in [0.15, 0.2) is 0 Å². The Labute approximate surface area is 81.8 Å². The molecule has 1 aromatic rings. The maximum Gasteiger partial charge on any atom is 0.0277 e. The molecular formula is C12H21N. The summed E-state index contributed by atoms with van der Waals surface area (Å²) in [5.74, 6) is 0.632. The fourth-order valence-corrected chi connectivity index (χ4v) is 1.92. The minimum absolute atomic E-state index is 0.581. The Morgan fingerprint density at radius 1 is 1.23 bits per heavy atom. The van der Waals surface area contributed by atoms with Gasteiger partial charge < -0.3 is 4.57 Å². The second-order valence-electron chi connectivity index (χ2n) is 4.24. The van der Waals surface area contributed by atoms with Crippen molar-refractivity contribution in [1.82, 2.24) is 4.57 Å². The van der Waals surface area contributed by atoms with E-state index >= 15 is 0 Å². The molecule has 0 bridgehead atoms. The highest BCUT2D eigenvalue weighted by molar-refractivity contribution is 5.25. The first-order valence-electron chi connectivity index (χ1n) is 5.27. The molecule has 1 aromatic heterocycles. The van der Waals surface area contributed by atoms with Crippen LogP contribution in [0, 0.1) is 0 Å². The summed E-state index contributed by atoms with van der Waals surface area (Å²) in [6, 6.07) is 2.84. The molecule has 0 aliphatic heterocycles. The van der Waals surface area contributed by atoms with Crippen LogP contribution in [-0.2, 0) is 6.42 Å². The van der Waals surface area contributed by atoms with Crippen molar-refractivity contribution in [3.05, 3.63) is 23.5 Å². The molecule has 74 valence electrons. The summed E-state index contributed by atoms with van der Waals surface area (Å²) in [7, 11) is 0. The van der Waals surface area contributed by atoms with E-state index in [1.165, 1.54) is 11.3 Å². The topological polar surface area (TPSA) is 4.93 Å². The molecule has 0 unspecified atom stereocenters. The molecule has 1 heterocycles. The van der Waals surface area contributed by atoms with Crippen LogP contribution in [0.3, 0.4) is 0 Å². The van der Waals surface area contributed by atoms with Crippen LogP contribution in [0.2, 0.25) is 0 Å². The standard InChI is InChI=1S/C12H21N/c1-6-11-7-8-13(10(4)5)12(11)9(2)3/h7-10H,6H2,1-5H3. The van der Waals surface area contributed by atoms with Gasteiger partial charge in [0.1, 0.15) is 0 Å². The van der Waals surface area contributed by atoms with E-state index in [1.54, 1.807) is 0 Å². The highest BCUT2D eigenvalue weighted by Crippen LogP contribution is 2.24. The fourth-order valence-electron chi connectivity index (χ4n) is 1.92. The molecule has 0 radical (unpaired) electrons. The predicted octanol–water partition coefficient (Wildman–Crippen LogP) is 3.75. The molecular weight excluding hydrogens is 158 g/mol. The van der Waals surface area contributed by atoms with Crippen molar-refractivity contribution in [3.63, 3.8) is 0 Å². The maximum atomic E-state index is 2.39. The molecule has 13 heavy (non-hydrogen) atoms. The van der Waals surface area contributed by atoms with Gasteiger partial charge in [0, 0.05) is 17.9 Å². The van der Waals surface area contributed by atoms with E-state index in [9.17, 15) is 0 Å². The number of hydrogen-bond donors (Lipinski definition) is 0. The summed E-state index contributed by atoms with van der Waals surface area (Å²) in [5, 5.41) is 0. The molecule has 0 aliphatic rings. The minimum Gasteiger partial charge on any atom is -0.348 e. The van der Waals surface area contributed by atoms with Gasteiger partial charge in [-0.3, -0.25) is 0 Å². The molecule has 0 saturated carbocycles. The van der Waals surface area contributed by atoms with Crippen molar-refractivity contribution in [2.75, 3.05) is 0 Å². The Bertz CT molecular complexity index is 269. The lowest BCUT2D eigenvalue weighted by Crippen LogP contribution is -2.07. The van der Waals surface area contributed by atoms with E-state index in [-0.39, 0.29) is 0 Å². The molecule has 0 aromatic carbocycles. The summed E-state index contributed by atoms with van der Waals surface area (Å²) in [6.45, 7) is 11.3. The Hall–Kier alpha value is -0.720. The summed E-state index contributed by atoms with van der Waals surface area (Å²) in [5.41, 5.74) is 3.02. The second kappa shape index (κ2) is 3.99. The highest BCUT2D eigenvalue weighted by Gasteiger charge is 2.12. The molecule has 0 N–H and O–H groups in total. The van der Waals surface area contributed by atoms with Crippen molar-refractivity contribution < 1.29 is 0 Å². The zero-order valence-corrected chi connectivity index (χ0v) is 9.46. The first kappa shape index (κ1) is 10.4.